The Kier molecular flexibility index (Phi) is 3.60. The maximum Gasteiger partial charge on any atom is 0.0571 e. The first kappa shape index (κ1) is 10.2. The maximum absolute atomic E-state index is 9.95. The van der Waals surface area contributed by atoms with Gasteiger partial charge in [0.2, 0.25) is 0 Å². The predicted molar refractivity (Wildman–Crippen MR) is 60.6 cm³/mol. The highest BCUT2D eigenvalue weighted by Gasteiger charge is 2.22. The molecule has 1 nitrogen and oxygen atoms in total. The van der Waals surface area contributed by atoms with E-state index in [0.717, 1.165) is 12.8 Å². The molecule has 1 aromatic heterocycles. The molecule has 0 amide bonds. The average molecular weight is 210 g/mol. The van der Waals surface area contributed by atoms with Crippen LogP contribution >= 0.6 is 11.3 Å². The van der Waals surface area contributed by atoms with Crippen LogP contribution in [0.4, 0.5) is 0 Å². The minimum Gasteiger partial charge on any atom is -0.393 e. The molecule has 1 atom stereocenters. The lowest BCUT2D eigenvalue weighted by atomic mass is 9.97. The molecule has 0 bridgehead atoms. The van der Waals surface area contributed by atoms with Crippen LogP contribution in [0.25, 0.3) is 0 Å². The third kappa shape index (κ3) is 2.58. The molecule has 1 saturated carbocycles. The molecule has 0 radical (unpaired) electrons. The molecular weight excluding hydrogens is 192 g/mol. The average Bonchev–Trinajstić information content (AvgIpc) is 2.87. The standard InChI is InChI=1S/C12H18OS/c13-12(10-4-1-2-5-10)8-7-11-6-3-9-14-11/h3,6,9-10,12-13H,1-2,4-5,7-8H2. The lowest BCUT2D eigenvalue weighted by Crippen LogP contribution is -2.17. The summed E-state index contributed by atoms with van der Waals surface area (Å²) in [6.45, 7) is 0. The van der Waals surface area contributed by atoms with E-state index in [1.165, 1.54) is 30.6 Å². The third-order valence-corrected chi connectivity index (χ3v) is 4.15. The first-order chi connectivity index (χ1) is 6.86. The van der Waals surface area contributed by atoms with Gasteiger partial charge in [-0.3, -0.25) is 0 Å². The minimum absolute atomic E-state index is 0.0559. The number of rotatable bonds is 4. The van der Waals surface area contributed by atoms with Gasteiger partial charge in [0.05, 0.1) is 6.10 Å². The highest BCUT2D eigenvalue weighted by atomic mass is 32.1. The fourth-order valence-corrected chi connectivity index (χ4v) is 3.05. The Morgan fingerprint density at radius 3 is 2.86 bits per heavy atom. The molecule has 1 N–H and O–H groups in total. The Hall–Kier alpha value is -0.340. The van der Waals surface area contributed by atoms with Gasteiger partial charge >= 0.3 is 0 Å². The van der Waals surface area contributed by atoms with Gasteiger partial charge in [-0.15, -0.1) is 11.3 Å². The highest BCUT2D eigenvalue weighted by Crippen LogP contribution is 2.29. The summed E-state index contributed by atoms with van der Waals surface area (Å²) in [6, 6.07) is 4.24. The summed E-state index contributed by atoms with van der Waals surface area (Å²) < 4.78 is 0. The van der Waals surface area contributed by atoms with Gasteiger partial charge in [0, 0.05) is 4.88 Å². The molecule has 1 heterocycles. The van der Waals surface area contributed by atoms with Crippen LogP contribution in [0.5, 0.6) is 0 Å². The number of aryl methyl sites for hydroxylation is 1. The summed E-state index contributed by atoms with van der Waals surface area (Å²) in [5.74, 6) is 0.593. The fraction of sp³-hybridized carbons (Fsp3) is 0.667. The summed E-state index contributed by atoms with van der Waals surface area (Å²) in [7, 11) is 0. The lowest BCUT2D eigenvalue weighted by molar-refractivity contribution is 0.102. The summed E-state index contributed by atoms with van der Waals surface area (Å²) >= 11 is 1.80. The zero-order valence-electron chi connectivity index (χ0n) is 8.48. The van der Waals surface area contributed by atoms with E-state index in [0.29, 0.717) is 5.92 Å². The lowest BCUT2D eigenvalue weighted by Gasteiger charge is -2.16. The summed E-state index contributed by atoms with van der Waals surface area (Å²) in [5, 5.41) is 12.1. The van der Waals surface area contributed by atoms with Crippen molar-refractivity contribution in [1.82, 2.24) is 0 Å². The van der Waals surface area contributed by atoms with Crippen LogP contribution in [-0.2, 0) is 6.42 Å². The van der Waals surface area contributed by atoms with Crippen LogP contribution < -0.4 is 0 Å². The van der Waals surface area contributed by atoms with Crippen LogP contribution in [-0.4, -0.2) is 11.2 Å². The maximum atomic E-state index is 9.95. The van der Waals surface area contributed by atoms with E-state index in [9.17, 15) is 5.11 Å². The minimum atomic E-state index is -0.0559. The smallest absolute Gasteiger partial charge is 0.0571 e. The first-order valence-electron chi connectivity index (χ1n) is 5.56. The Bertz CT molecular complexity index is 249. The molecular formula is C12H18OS. The van der Waals surface area contributed by atoms with Crippen molar-refractivity contribution in [2.75, 3.05) is 0 Å². The molecule has 78 valence electrons. The second-order valence-electron chi connectivity index (χ2n) is 4.23. The molecule has 0 saturated heterocycles. The second-order valence-corrected chi connectivity index (χ2v) is 5.26. The zero-order chi connectivity index (χ0) is 9.80. The molecule has 14 heavy (non-hydrogen) atoms. The largest absolute Gasteiger partial charge is 0.393 e. The molecule has 0 aliphatic heterocycles. The van der Waals surface area contributed by atoms with Crippen molar-refractivity contribution < 1.29 is 5.11 Å². The Balaban J connectivity index is 1.74. The first-order valence-corrected chi connectivity index (χ1v) is 6.44. The van der Waals surface area contributed by atoms with Gasteiger partial charge in [-0.25, -0.2) is 0 Å². The topological polar surface area (TPSA) is 20.2 Å². The summed E-state index contributed by atoms with van der Waals surface area (Å²) in [4.78, 5) is 1.40. The van der Waals surface area contributed by atoms with Crippen molar-refractivity contribution >= 4 is 11.3 Å². The Labute approximate surface area is 89.8 Å². The number of hydrogen-bond acceptors (Lipinski definition) is 2. The summed E-state index contributed by atoms with van der Waals surface area (Å²) in [5.41, 5.74) is 0. The van der Waals surface area contributed by atoms with Gasteiger partial charge in [-0.05, 0) is 43.0 Å². The number of thiophene rings is 1. The van der Waals surface area contributed by atoms with Crippen LogP contribution in [0.1, 0.15) is 37.0 Å². The molecule has 2 heteroatoms. The Morgan fingerprint density at radius 2 is 2.21 bits per heavy atom. The van der Waals surface area contributed by atoms with E-state index in [1.54, 1.807) is 11.3 Å². The van der Waals surface area contributed by atoms with E-state index in [1.807, 2.05) is 0 Å². The Morgan fingerprint density at radius 1 is 1.43 bits per heavy atom. The second kappa shape index (κ2) is 4.94. The van der Waals surface area contributed by atoms with E-state index >= 15 is 0 Å². The van der Waals surface area contributed by atoms with Crippen LogP contribution in [0, 0.1) is 5.92 Å². The van der Waals surface area contributed by atoms with Crippen molar-refractivity contribution in [3.63, 3.8) is 0 Å². The molecule has 1 unspecified atom stereocenters. The summed E-state index contributed by atoms with van der Waals surface area (Å²) in [6.07, 6.45) is 7.07. The quantitative estimate of drug-likeness (QED) is 0.809. The van der Waals surface area contributed by atoms with Gasteiger partial charge in [-0.2, -0.15) is 0 Å². The molecule has 1 aliphatic carbocycles. The van der Waals surface area contributed by atoms with E-state index in [-0.39, 0.29) is 6.10 Å². The molecule has 1 aromatic rings. The molecule has 0 spiro atoms. The van der Waals surface area contributed by atoms with Crippen molar-refractivity contribution in [3.8, 4) is 0 Å². The number of hydrogen-bond donors (Lipinski definition) is 1. The van der Waals surface area contributed by atoms with Gasteiger partial charge < -0.3 is 5.11 Å². The van der Waals surface area contributed by atoms with E-state index in [4.69, 9.17) is 0 Å². The van der Waals surface area contributed by atoms with Gasteiger partial charge in [0.1, 0.15) is 0 Å². The van der Waals surface area contributed by atoms with Crippen molar-refractivity contribution in [2.24, 2.45) is 5.92 Å². The predicted octanol–water partition coefficient (Wildman–Crippen LogP) is 3.23. The number of aliphatic hydroxyl groups excluding tert-OH is 1. The van der Waals surface area contributed by atoms with E-state index < -0.39 is 0 Å². The normalized spacial score (nSPS) is 20.1. The molecule has 2 rings (SSSR count). The van der Waals surface area contributed by atoms with Crippen LogP contribution in [0.2, 0.25) is 0 Å². The monoisotopic (exact) mass is 210 g/mol. The highest BCUT2D eigenvalue weighted by molar-refractivity contribution is 7.09. The molecule has 1 fully saturated rings. The van der Waals surface area contributed by atoms with Crippen LogP contribution in [0.3, 0.4) is 0 Å². The van der Waals surface area contributed by atoms with Gasteiger partial charge in [-0.1, -0.05) is 18.9 Å². The van der Waals surface area contributed by atoms with E-state index in [2.05, 4.69) is 17.5 Å². The van der Waals surface area contributed by atoms with Crippen molar-refractivity contribution in [2.45, 2.75) is 44.6 Å². The molecule has 0 aromatic carbocycles. The fourth-order valence-electron chi connectivity index (χ4n) is 2.32. The van der Waals surface area contributed by atoms with Crippen molar-refractivity contribution in [1.29, 1.82) is 0 Å². The van der Waals surface area contributed by atoms with Crippen LogP contribution in [0.15, 0.2) is 17.5 Å². The van der Waals surface area contributed by atoms with Gasteiger partial charge in [0.15, 0.2) is 0 Å². The van der Waals surface area contributed by atoms with Crippen molar-refractivity contribution in [3.05, 3.63) is 22.4 Å². The molecule has 1 aliphatic rings. The zero-order valence-corrected chi connectivity index (χ0v) is 9.30. The third-order valence-electron chi connectivity index (χ3n) is 3.21. The number of aliphatic hydroxyl groups is 1. The SMILES string of the molecule is OC(CCc1cccs1)C1CCCC1. The van der Waals surface area contributed by atoms with Gasteiger partial charge in [0.25, 0.3) is 0 Å².